The number of nitrogens with zero attached hydrogens (tertiary/aromatic N) is 3. The molecule has 1 saturated heterocycles. The lowest BCUT2D eigenvalue weighted by atomic mass is 10.3. The summed E-state index contributed by atoms with van der Waals surface area (Å²) in [6.45, 7) is 6.66. The van der Waals surface area contributed by atoms with Gasteiger partial charge in [-0.1, -0.05) is 5.16 Å². The van der Waals surface area contributed by atoms with Crippen molar-refractivity contribution in [3.8, 4) is 0 Å². The molecule has 1 aliphatic rings. The molecular formula is C10H15N3O2. The number of carbonyl (C=O) groups excluding carboxylic acids is 1. The molecule has 0 unspecified atom stereocenters. The van der Waals surface area contributed by atoms with Crippen molar-refractivity contribution in [1.29, 1.82) is 0 Å². The van der Waals surface area contributed by atoms with E-state index in [0.29, 0.717) is 0 Å². The van der Waals surface area contributed by atoms with Crippen molar-refractivity contribution in [2.75, 3.05) is 31.1 Å². The molecule has 2 rings (SSSR count). The lowest BCUT2D eigenvalue weighted by Crippen LogP contribution is -2.48. The molecule has 15 heavy (non-hydrogen) atoms. The molecule has 0 aliphatic carbocycles. The SMILES string of the molecule is CC(=O)N1CCN(c2cc(C)on2)CC1. The molecule has 5 heteroatoms. The summed E-state index contributed by atoms with van der Waals surface area (Å²) in [5, 5.41) is 3.96. The number of hydrogen-bond acceptors (Lipinski definition) is 4. The second kappa shape index (κ2) is 3.92. The number of carbonyl (C=O) groups is 1. The summed E-state index contributed by atoms with van der Waals surface area (Å²) in [4.78, 5) is 15.1. The van der Waals surface area contributed by atoms with E-state index in [9.17, 15) is 4.79 Å². The van der Waals surface area contributed by atoms with Gasteiger partial charge in [0.2, 0.25) is 5.91 Å². The maximum Gasteiger partial charge on any atom is 0.219 e. The fourth-order valence-corrected chi connectivity index (χ4v) is 1.75. The van der Waals surface area contributed by atoms with Gasteiger partial charge in [-0.2, -0.15) is 0 Å². The van der Waals surface area contributed by atoms with Gasteiger partial charge >= 0.3 is 0 Å². The molecule has 0 N–H and O–H groups in total. The number of aryl methyl sites for hydroxylation is 1. The van der Waals surface area contributed by atoms with E-state index >= 15 is 0 Å². The minimum Gasteiger partial charge on any atom is -0.360 e. The summed E-state index contributed by atoms with van der Waals surface area (Å²) in [7, 11) is 0. The molecule has 5 nitrogen and oxygen atoms in total. The van der Waals surface area contributed by atoms with Gasteiger partial charge in [-0.05, 0) is 6.92 Å². The van der Waals surface area contributed by atoms with Crippen molar-refractivity contribution in [2.45, 2.75) is 13.8 Å². The largest absolute Gasteiger partial charge is 0.360 e. The first-order valence-electron chi connectivity index (χ1n) is 5.10. The van der Waals surface area contributed by atoms with Crippen LogP contribution in [0.5, 0.6) is 0 Å². The Bertz CT molecular complexity index is 353. The quantitative estimate of drug-likeness (QED) is 0.681. The van der Waals surface area contributed by atoms with Gasteiger partial charge in [-0.3, -0.25) is 4.79 Å². The second-order valence-corrected chi connectivity index (χ2v) is 3.79. The van der Waals surface area contributed by atoms with Crippen molar-refractivity contribution in [3.05, 3.63) is 11.8 Å². The molecule has 2 heterocycles. The molecule has 0 spiro atoms. The van der Waals surface area contributed by atoms with Crippen LogP contribution in [0.3, 0.4) is 0 Å². The third kappa shape index (κ3) is 2.11. The number of aromatic nitrogens is 1. The highest BCUT2D eigenvalue weighted by molar-refractivity contribution is 5.73. The zero-order valence-corrected chi connectivity index (χ0v) is 9.06. The first-order valence-corrected chi connectivity index (χ1v) is 5.10. The van der Waals surface area contributed by atoms with E-state index in [2.05, 4.69) is 10.1 Å². The van der Waals surface area contributed by atoms with Crippen molar-refractivity contribution in [1.82, 2.24) is 10.1 Å². The summed E-state index contributed by atoms with van der Waals surface area (Å²) in [5.74, 6) is 1.83. The van der Waals surface area contributed by atoms with Gasteiger partial charge in [0.05, 0.1) is 0 Å². The topological polar surface area (TPSA) is 49.6 Å². The average Bonchev–Trinajstić information content (AvgIpc) is 2.65. The van der Waals surface area contributed by atoms with Crippen molar-refractivity contribution < 1.29 is 9.32 Å². The summed E-state index contributed by atoms with van der Waals surface area (Å²) in [6, 6.07) is 1.92. The normalized spacial score (nSPS) is 16.9. The first kappa shape index (κ1) is 10.0. The number of anilines is 1. The molecule has 1 aromatic rings. The van der Waals surface area contributed by atoms with Crippen LogP contribution < -0.4 is 4.90 Å². The van der Waals surface area contributed by atoms with E-state index in [1.54, 1.807) is 6.92 Å². The van der Waals surface area contributed by atoms with Gasteiger partial charge in [-0.15, -0.1) is 0 Å². The van der Waals surface area contributed by atoms with Gasteiger partial charge < -0.3 is 14.3 Å². The smallest absolute Gasteiger partial charge is 0.219 e. The van der Waals surface area contributed by atoms with Crippen LogP contribution in [0.2, 0.25) is 0 Å². The highest BCUT2D eigenvalue weighted by atomic mass is 16.5. The average molecular weight is 209 g/mol. The van der Waals surface area contributed by atoms with E-state index in [-0.39, 0.29) is 5.91 Å². The monoisotopic (exact) mass is 209 g/mol. The summed E-state index contributed by atoms with van der Waals surface area (Å²) >= 11 is 0. The maximum absolute atomic E-state index is 11.1. The molecule has 1 aliphatic heterocycles. The van der Waals surface area contributed by atoms with Crippen LogP contribution in [-0.4, -0.2) is 42.1 Å². The molecular weight excluding hydrogens is 194 g/mol. The lowest BCUT2D eigenvalue weighted by Gasteiger charge is -2.33. The first-order chi connectivity index (χ1) is 7.16. The van der Waals surface area contributed by atoms with E-state index in [1.807, 2.05) is 17.9 Å². The summed E-state index contributed by atoms with van der Waals surface area (Å²) in [6.07, 6.45) is 0. The molecule has 0 aromatic carbocycles. The van der Waals surface area contributed by atoms with Crippen LogP contribution in [0.4, 0.5) is 5.82 Å². The second-order valence-electron chi connectivity index (χ2n) is 3.79. The van der Waals surface area contributed by atoms with Crippen LogP contribution in [0.15, 0.2) is 10.6 Å². The standard InChI is InChI=1S/C10H15N3O2/c1-8-7-10(11-15-8)13-5-3-12(4-6-13)9(2)14/h7H,3-6H2,1-2H3. The third-order valence-corrected chi connectivity index (χ3v) is 2.66. The molecule has 1 amide bonds. The maximum atomic E-state index is 11.1. The van der Waals surface area contributed by atoms with E-state index < -0.39 is 0 Å². The van der Waals surface area contributed by atoms with Crippen LogP contribution in [-0.2, 0) is 4.79 Å². The summed E-state index contributed by atoms with van der Waals surface area (Å²) < 4.78 is 5.02. The third-order valence-electron chi connectivity index (χ3n) is 2.66. The van der Waals surface area contributed by atoms with Gasteiger partial charge in [-0.25, -0.2) is 0 Å². The van der Waals surface area contributed by atoms with Gasteiger partial charge in [0.25, 0.3) is 0 Å². The van der Waals surface area contributed by atoms with E-state index in [1.165, 1.54) is 0 Å². The van der Waals surface area contributed by atoms with Crippen LogP contribution in [0.25, 0.3) is 0 Å². The Morgan fingerprint density at radius 1 is 1.40 bits per heavy atom. The fourth-order valence-electron chi connectivity index (χ4n) is 1.75. The molecule has 0 atom stereocenters. The Labute approximate surface area is 88.6 Å². The van der Waals surface area contributed by atoms with Gasteiger partial charge in [0, 0.05) is 39.2 Å². The Morgan fingerprint density at radius 3 is 2.53 bits per heavy atom. The fraction of sp³-hybridized carbons (Fsp3) is 0.600. The molecule has 1 aromatic heterocycles. The van der Waals surface area contributed by atoms with Gasteiger partial charge in [0.15, 0.2) is 5.82 Å². The molecule has 82 valence electrons. The van der Waals surface area contributed by atoms with Crippen molar-refractivity contribution in [2.24, 2.45) is 0 Å². The predicted molar refractivity (Wildman–Crippen MR) is 55.7 cm³/mol. The van der Waals surface area contributed by atoms with Crippen molar-refractivity contribution in [3.63, 3.8) is 0 Å². The Hall–Kier alpha value is -1.52. The van der Waals surface area contributed by atoms with E-state index in [0.717, 1.165) is 37.8 Å². The van der Waals surface area contributed by atoms with Crippen LogP contribution >= 0.6 is 0 Å². The highest BCUT2D eigenvalue weighted by Gasteiger charge is 2.20. The lowest BCUT2D eigenvalue weighted by molar-refractivity contribution is -0.129. The molecule has 1 fully saturated rings. The zero-order chi connectivity index (χ0) is 10.8. The minimum absolute atomic E-state index is 0.144. The predicted octanol–water partition coefficient (Wildman–Crippen LogP) is 0.652. The number of piperazine rings is 1. The minimum atomic E-state index is 0.144. The number of amides is 1. The molecule has 0 bridgehead atoms. The molecule has 0 radical (unpaired) electrons. The van der Waals surface area contributed by atoms with Gasteiger partial charge in [0.1, 0.15) is 5.76 Å². The van der Waals surface area contributed by atoms with Crippen molar-refractivity contribution >= 4 is 11.7 Å². The van der Waals surface area contributed by atoms with Crippen LogP contribution in [0.1, 0.15) is 12.7 Å². The van der Waals surface area contributed by atoms with E-state index in [4.69, 9.17) is 4.52 Å². The molecule has 0 saturated carbocycles. The Kier molecular flexibility index (Phi) is 2.62. The highest BCUT2D eigenvalue weighted by Crippen LogP contribution is 2.15. The summed E-state index contributed by atoms with van der Waals surface area (Å²) in [5.41, 5.74) is 0. The van der Waals surface area contributed by atoms with Crippen LogP contribution in [0, 0.1) is 6.92 Å². The Balaban J connectivity index is 1.96. The number of rotatable bonds is 1. The number of hydrogen-bond donors (Lipinski definition) is 0. The Morgan fingerprint density at radius 2 is 2.07 bits per heavy atom. The zero-order valence-electron chi connectivity index (χ0n) is 9.06.